The monoisotopic (exact) mass is 652 g/mol. The third-order valence-electron chi connectivity index (χ3n) is 9.65. The lowest BCUT2D eigenvalue weighted by Crippen LogP contribution is -2.74. The van der Waals surface area contributed by atoms with Crippen molar-refractivity contribution in [2.24, 2.45) is 0 Å². The number of hydrogen-bond acceptors (Lipinski definition) is 3. The number of para-hydroxylation sites is 1. The Labute approximate surface area is 291 Å². The smallest absolute Gasteiger partial charge is 0.179 e. The van der Waals surface area contributed by atoms with E-state index in [2.05, 4.69) is 138 Å². The highest BCUT2D eigenvalue weighted by atomic mass is 28.3. The second-order valence-corrected chi connectivity index (χ2v) is 16.1. The maximum absolute atomic E-state index is 10.5. The van der Waals surface area contributed by atoms with Crippen molar-refractivity contribution in [3.05, 3.63) is 187 Å². The summed E-state index contributed by atoms with van der Waals surface area (Å²) in [4.78, 5) is 0. The molecule has 1 heterocycles. The Bertz CT molecular complexity index is 2580. The van der Waals surface area contributed by atoms with E-state index in [0.29, 0.717) is 22.4 Å². The Morgan fingerprint density at radius 3 is 1.58 bits per heavy atom. The molecule has 0 bridgehead atoms. The lowest BCUT2D eigenvalue weighted by molar-refractivity contribution is 1.17. The Morgan fingerprint density at radius 1 is 0.420 bits per heavy atom. The third kappa shape index (κ3) is 4.80. The van der Waals surface area contributed by atoms with Crippen LogP contribution in [0.3, 0.4) is 0 Å². The van der Waals surface area contributed by atoms with E-state index in [9.17, 15) is 15.8 Å². The first-order valence-corrected chi connectivity index (χ1v) is 18.4. The van der Waals surface area contributed by atoms with Gasteiger partial charge in [-0.25, -0.2) is 0 Å². The van der Waals surface area contributed by atoms with Crippen molar-refractivity contribution in [1.29, 1.82) is 15.8 Å². The van der Waals surface area contributed by atoms with Gasteiger partial charge >= 0.3 is 0 Å². The van der Waals surface area contributed by atoms with Gasteiger partial charge < -0.3 is 4.57 Å². The Morgan fingerprint density at radius 2 is 0.980 bits per heavy atom. The van der Waals surface area contributed by atoms with Gasteiger partial charge in [0, 0.05) is 16.3 Å². The second kappa shape index (κ2) is 12.6. The zero-order valence-corrected chi connectivity index (χ0v) is 28.0. The van der Waals surface area contributed by atoms with E-state index in [-0.39, 0.29) is 0 Å². The number of hydrogen-bond donors (Lipinski definition) is 0. The number of aromatic nitrogens is 1. The van der Waals surface area contributed by atoms with Crippen LogP contribution in [0.4, 0.5) is 0 Å². The molecule has 0 unspecified atom stereocenters. The summed E-state index contributed by atoms with van der Waals surface area (Å²) in [6.45, 7) is 0. The van der Waals surface area contributed by atoms with Gasteiger partial charge in [-0.1, -0.05) is 133 Å². The summed E-state index contributed by atoms with van der Waals surface area (Å²) in [6, 6.07) is 65.2. The SMILES string of the molecule is N#Cc1ccc2c(c1)c1ccccc1n2-c1cc(-c2cccc([Si](c3ccccc3)(c3ccccc3)c3ccccc3)c2)c(C#N)cc1C#N. The molecule has 0 amide bonds. The van der Waals surface area contributed by atoms with E-state index in [4.69, 9.17) is 0 Å². The van der Waals surface area contributed by atoms with Gasteiger partial charge in [0.1, 0.15) is 6.07 Å². The van der Waals surface area contributed by atoms with Gasteiger partial charge in [-0.15, -0.1) is 0 Å². The van der Waals surface area contributed by atoms with Gasteiger partial charge in [0.05, 0.1) is 45.5 Å². The van der Waals surface area contributed by atoms with E-state index < -0.39 is 8.07 Å². The van der Waals surface area contributed by atoms with Crippen LogP contribution in [-0.4, -0.2) is 12.6 Å². The predicted octanol–water partition coefficient (Wildman–Crippen LogP) is 7.44. The number of fused-ring (bicyclic) bond motifs is 3. The van der Waals surface area contributed by atoms with Crippen LogP contribution in [0.25, 0.3) is 38.6 Å². The normalized spacial score (nSPS) is 11.1. The van der Waals surface area contributed by atoms with Crippen molar-refractivity contribution >= 4 is 50.6 Å². The standard InChI is InChI=1S/C45H28N4Si/c46-29-32-23-24-44-42(25-32)40-21-10-11-22-43(40)49(44)45-28-41(34(30-47)26-35(45)31-48)33-13-12-20-39(27-33)50(36-14-4-1-5-15-36,37-16-6-2-7-17-37)38-18-8-3-9-19-38/h1-28H. The first-order valence-electron chi connectivity index (χ1n) is 16.4. The maximum atomic E-state index is 10.5. The van der Waals surface area contributed by atoms with Crippen molar-refractivity contribution in [2.45, 2.75) is 0 Å². The van der Waals surface area contributed by atoms with Crippen molar-refractivity contribution in [1.82, 2.24) is 4.57 Å². The van der Waals surface area contributed by atoms with Gasteiger partial charge in [-0.3, -0.25) is 0 Å². The molecule has 0 aliphatic rings. The molecule has 0 aliphatic carbocycles. The molecule has 232 valence electrons. The van der Waals surface area contributed by atoms with E-state index in [1.54, 1.807) is 12.1 Å². The summed E-state index contributed by atoms with van der Waals surface area (Å²) in [7, 11) is -2.82. The summed E-state index contributed by atoms with van der Waals surface area (Å²) in [5, 5.41) is 37.5. The number of rotatable bonds is 6. The van der Waals surface area contributed by atoms with Crippen molar-refractivity contribution in [3.63, 3.8) is 0 Å². The molecular formula is C45H28N4Si. The van der Waals surface area contributed by atoms with Crippen LogP contribution in [0.2, 0.25) is 0 Å². The van der Waals surface area contributed by atoms with Gasteiger partial charge in [0.15, 0.2) is 8.07 Å². The topological polar surface area (TPSA) is 76.3 Å². The highest BCUT2D eigenvalue weighted by molar-refractivity contribution is 7.19. The van der Waals surface area contributed by atoms with Crippen molar-refractivity contribution in [2.75, 3.05) is 0 Å². The largest absolute Gasteiger partial charge is 0.308 e. The first kappa shape index (κ1) is 30.4. The number of benzene rings is 7. The summed E-state index contributed by atoms with van der Waals surface area (Å²) in [5.74, 6) is 0. The molecule has 0 spiro atoms. The Balaban J connectivity index is 1.42. The average Bonchev–Trinajstić information content (AvgIpc) is 3.52. The van der Waals surface area contributed by atoms with Crippen LogP contribution >= 0.6 is 0 Å². The van der Waals surface area contributed by atoms with Crippen molar-refractivity contribution in [3.8, 4) is 35.0 Å². The first-order chi connectivity index (χ1) is 24.7. The molecule has 0 saturated heterocycles. The quantitative estimate of drug-likeness (QED) is 0.138. The minimum atomic E-state index is -2.82. The molecule has 8 rings (SSSR count). The summed E-state index contributed by atoms with van der Waals surface area (Å²) in [5.41, 5.74) is 5.53. The molecule has 0 aliphatic heterocycles. The van der Waals surface area contributed by atoms with Crippen LogP contribution < -0.4 is 20.7 Å². The van der Waals surface area contributed by atoms with E-state index >= 15 is 0 Å². The number of nitriles is 3. The molecular weight excluding hydrogens is 625 g/mol. The molecule has 1 aromatic heterocycles. The van der Waals surface area contributed by atoms with E-state index in [1.807, 2.05) is 42.5 Å². The van der Waals surface area contributed by atoms with Crippen molar-refractivity contribution < 1.29 is 0 Å². The van der Waals surface area contributed by atoms with Crippen LogP contribution in [-0.2, 0) is 0 Å². The zero-order chi connectivity index (χ0) is 34.1. The molecule has 0 radical (unpaired) electrons. The molecule has 0 fully saturated rings. The average molecular weight is 653 g/mol. The second-order valence-electron chi connectivity index (χ2n) is 12.3. The van der Waals surface area contributed by atoms with Gasteiger partial charge in [-0.2, -0.15) is 15.8 Å². The van der Waals surface area contributed by atoms with Gasteiger partial charge in [0.2, 0.25) is 0 Å². The minimum Gasteiger partial charge on any atom is -0.308 e. The van der Waals surface area contributed by atoms with Gasteiger partial charge in [0.25, 0.3) is 0 Å². The van der Waals surface area contributed by atoms with Crippen LogP contribution in [0.5, 0.6) is 0 Å². The summed E-state index contributed by atoms with van der Waals surface area (Å²) in [6.07, 6.45) is 0. The lowest BCUT2D eigenvalue weighted by atomic mass is 9.96. The van der Waals surface area contributed by atoms with Crippen LogP contribution in [0, 0.1) is 34.0 Å². The maximum Gasteiger partial charge on any atom is 0.179 e. The molecule has 0 atom stereocenters. The summed E-state index contributed by atoms with van der Waals surface area (Å²) >= 11 is 0. The highest BCUT2D eigenvalue weighted by Gasteiger charge is 2.41. The van der Waals surface area contributed by atoms with E-state index in [0.717, 1.165) is 32.9 Å². The fraction of sp³-hybridized carbons (Fsp3) is 0. The highest BCUT2D eigenvalue weighted by Crippen LogP contribution is 2.36. The number of nitrogens with zero attached hydrogens (tertiary/aromatic N) is 4. The predicted molar refractivity (Wildman–Crippen MR) is 204 cm³/mol. The van der Waals surface area contributed by atoms with E-state index in [1.165, 1.54) is 20.7 Å². The minimum absolute atomic E-state index is 0.398. The zero-order valence-electron chi connectivity index (χ0n) is 27.0. The lowest BCUT2D eigenvalue weighted by Gasteiger charge is -2.34. The van der Waals surface area contributed by atoms with Crippen LogP contribution in [0.15, 0.2) is 170 Å². The fourth-order valence-corrected chi connectivity index (χ4v) is 12.3. The Hall–Kier alpha value is -6.97. The molecule has 8 aromatic rings. The molecule has 5 heteroatoms. The molecule has 0 saturated carbocycles. The molecule has 50 heavy (non-hydrogen) atoms. The Kier molecular flexibility index (Phi) is 7.63. The molecule has 0 N–H and O–H groups in total. The summed E-state index contributed by atoms with van der Waals surface area (Å²) < 4.78 is 2.08. The third-order valence-corrected chi connectivity index (χ3v) is 14.4. The van der Waals surface area contributed by atoms with Gasteiger partial charge in [-0.05, 0) is 62.7 Å². The van der Waals surface area contributed by atoms with Crippen LogP contribution in [0.1, 0.15) is 16.7 Å². The molecule has 7 aromatic carbocycles. The fourth-order valence-electron chi connectivity index (χ4n) is 7.48. The molecule has 4 nitrogen and oxygen atoms in total.